The van der Waals surface area contributed by atoms with Crippen LogP contribution in [0.15, 0.2) is 42.5 Å². The fourth-order valence-electron chi connectivity index (χ4n) is 4.26. The molecule has 28 heavy (non-hydrogen) atoms. The van der Waals surface area contributed by atoms with E-state index in [4.69, 9.17) is 9.57 Å². The molecule has 2 atom stereocenters. The van der Waals surface area contributed by atoms with E-state index in [1.807, 2.05) is 13.8 Å². The van der Waals surface area contributed by atoms with E-state index < -0.39 is 5.41 Å². The number of hydrogen-bond donors (Lipinski definition) is 0. The Labute approximate surface area is 168 Å². The second kappa shape index (κ2) is 9.53. The lowest BCUT2D eigenvalue weighted by molar-refractivity contribution is -0.203. The van der Waals surface area contributed by atoms with Crippen molar-refractivity contribution in [3.8, 4) is 0 Å². The minimum Gasteiger partial charge on any atom is -0.378 e. The summed E-state index contributed by atoms with van der Waals surface area (Å²) in [5.41, 5.74) is 0.622. The summed E-state index contributed by atoms with van der Waals surface area (Å²) < 4.78 is 5.92. The van der Waals surface area contributed by atoms with Gasteiger partial charge in [0.15, 0.2) is 0 Å². The van der Waals surface area contributed by atoms with Crippen LogP contribution in [0.1, 0.15) is 52.0 Å². The van der Waals surface area contributed by atoms with Gasteiger partial charge in [0.25, 0.3) is 0 Å². The average Bonchev–Trinajstić information content (AvgIpc) is 3.24. The summed E-state index contributed by atoms with van der Waals surface area (Å²) in [6.45, 7) is 8.30. The monoisotopic (exact) mass is 383 g/mol. The van der Waals surface area contributed by atoms with E-state index in [0.29, 0.717) is 25.9 Å². The molecule has 0 spiro atoms. The molecule has 4 nitrogen and oxygen atoms in total. The molecule has 1 fully saturated rings. The van der Waals surface area contributed by atoms with Gasteiger partial charge in [-0.25, -0.2) is 4.79 Å². The largest absolute Gasteiger partial charge is 0.378 e. The molecule has 0 aromatic heterocycles. The van der Waals surface area contributed by atoms with Crippen molar-refractivity contribution in [2.75, 3.05) is 19.7 Å². The summed E-state index contributed by atoms with van der Waals surface area (Å²) in [6.07, 6.45) is 4.35. The summed E-state index contributed by atoms with van der Waals surface area (Å²) in [5, 5.41) is 4.16. The number of rotatable bonds is 9. The van der Waals surface area contributed by atoms with Crippen LogP contribution >= 0.6 is 0 Å². The number of fused-ring (bicyclic) bond motifs is 1. The van der Waals surface area contributed by atoms with Crippen LogP contribution in [0.25, 0.3) is 10.8 Å². The summed E-state index contributed by atoms with van der Waals surface area (Å²) in [6, 6.07) is 14.7. The lowest BCUT2D eigenvalue weighted by Crippen LogP contribution is -2.41. The Kier molecular flexibility index (Phi) is 7.08. The van der Waals surface area contributed by atoms with Crippen LogP contribution in [-0.2, 0) is 20.8 Å². The van der Waals surface area contributed by atoms with Gasteiger partial charge in [0.2, 0.25) is 0 Å². The molecular weight excluding hydrogens is 350 g/mol. The molecule has 2 aromatic carbocycles. The highest BCUT2D eigenvalue weighted by molar-refractivity contribution is 5.86. The molecule has 3 rings (SSSR count). The number of carbonyl (C=O) groups excluding carboxylic acids is 1. The van der Waals surface area contributed by atoms with E-state index in [2.05, 4.69) is 49.4 Å². The Bertz CT molecular complexity index is 775. The molecule has 0 radical (unpaired) electrons. The Balaban J connectivity index is 1.95. The third-order valence-corrected chi connectivity index (χ3v) is 6.08. The number of ether oxygens (including phenoxy) is 1. The average molecular weight is 384 g/mol. The Hall–Kier alpha value is -1.91. The van der Waals surface area contributed by atoms with E-state index in [1.54, 1.807) is 5.06 Å². The molecule has 0 aliphatic carbocycles. The summed E-state index contributed by atoms with van der Waals surface area (Å²) >= 11 is 0. The van der Waals surface area contributed by atoms with Gasteiger partial charge in [-0.1, -0.05) is 49.4 Å². The highest BCUT2D eigenvalue weighted by Gasteiger charge is 2.42. The van der Waals surface area contributed by atoms with Crippen molar-refractivity contribution < 1.29 is 14.4 Å². The van der Waals surface area contributed by atoms with Gasteiger partial charge in [0, 0.05) is 19.7 Å². The normalized spacial score (nSPS) is 19.1. The standard InChI is InChI=1S/C24H33NO3/c1-4-24(18-21-14-10-16-27-21,23(26)28-25(5-2)6-3)17-20-13-9-12-19-11-7-8-15-22(19)20/h7-9,11-13,15,21H,4-6,10,14,16-18H2,1-3H3. The molecule has 0 N–H and O–H groups in total. The molecule has 152 valence electrons. The van der Waals surface area contributed by atoms with Crippen LogP contribution in [-0.4, -0.2) is 36.8 Å². The maximum atomic E-state index is 13.4. The minimum atomic E-state index is -0.582. The second-order valence-electron chi connectivity index (χ2n) is 7.78. The lowest BCUT2D eigenvalue weighted by Gasteiger charge is -2.34. The molecule has 0 bridgehead atoms. The van der Waals surface area contributed by atoms with E-state index in [9.17, 15) is 4.79 Å². The first-order valence-corrected chi connectivity index (χ1v) is 10.7. The summed E-state index contributed by atoms with van der Waals surface area (Å²) in [4.78, 5) is 19.3. The second-order valence-corrected chi connectivity index (χ2v) is 7.78. The molecule has 4 heteroatoms. The Morgan fingerprint density at radius 3 is 2.57 bits per heavy atom. The van der Waals surface area contributed by atoms with Crippen molar-refractivity contribution in [3.63, 3.8) is 0 Å². The summed E-state index contributed by atoms with van der Waals surface area (Å²) in [7, 11) is 0. The molecule has 1 aliphatic heterocycles. The lowest BCUT2D eigenvalue weighted by atomic mass is 9.74. The van der Waals surface area contributed by atoms with E-state index in [1.165, 1.54) is 16.3 Å². The van der Waals surface area contributed by atoms with Crippen molar-refractivity contribution in [1.82, 2.24) is 5.06 Å². The molecule has 0 amide bonds. The summed E-state index contributed by atoms with van der Waals surface area (Å²) in [5.74, 6) is -0.123. The van der Waals surface area contributed by atoms with Crippen molar-refractivity contribution >= 4 is 16.7 Å². The zero-order chi connectivity index (χ0) is 20.0. The number of nitrogens with zero attached hydrogens (tertiary/aromatic N) is 1. The van der Waals surface area contributed by atoms with Gasteiger partial charge in [-0.15, -0.1) is 5.06 Å². The van der Waals surface area contributed by atoms with Crippen LogP contribution < -0.4 is 0 Å². The highest BCUT2D eigenvalue weighted by Crippen LogP contribution is 2.39. The van der Waals surface area contributed by atoms with Gasteiger partial charge in [-0.3, -0.25) is 0 Å². The quantitative estimate of drug-likeness (QED) is 0.562. The first-order chi connectivity index (χ1) is 13.6. The van der Waals surface area contributed by atoms with E-state index in [-0.39, 0.29) is 12.1 Å². The number of hydroxylamine groups is 2. The molecule has 0 saturated carbocycles. The first kappa shape index (κ1) is 20.8. The Morgan fingerprint density at radius 2 is 1.89 bits per heavy atom. The van der Waals surface area contributed by atoms with Gasteiger partial charge in [0.05, 0.1) is 11.5 Å². The molecule has 2 aromatic rings. The van der Waals surface area contributed by atoms with Crippen LogP contribution in [0.4, 0.5) is 0 Å². The fourth-order valence-corrected chi connectivity index (χ4v) is 4.26. The number of hydrogen-bond acceptors (Lipinski definition) is 4. The molecule has 1 saturated heterocycles. The van der Waals surface area contributed by atoms with Crippen molar-refractivity contribution in [2.45, 2.75) is 59.0 Å². The van der Waals surface area contributed by atoms with Crippen molar-refractivity contribution in [1.29, 1.82) is 0 Å². The van der Waals surface area contributed by atoms with E-state index >= 15 is 0 Å². The molecule has 1 aliphatic rings. The zero-order valence-corrected chi connectivity index (χ0v) is 17.4. The molecule has 2 unspecified atom stereocenters. The third-order valence-electron chi connectivity index (χ3n) is 6.08. The smallest absolute Gasteiger partial charge is 0.331 e. The maximum Gasteiger partial charge on any atom is 0.331 e. The van der Waals surface area contributed by atoms with Gasteiger partial charge in [-0.05, 0) is 62.3 Å². The first-order valence-electron chi connectivity index (χ1n) is 10.7. The van der Waals surface area contributed by atoms with Crippen LogP contribution in [0.2, 0.25) is 0 Å². The maximum absolute atomic E-state index is 13.4. The van der Waals surface area contributed by atoms with Gasteiger partial charge in [0.1, 0.15) is 0 Å². The van der Waals surface area contributed by atoms with Gasteiger partial charge >= 0.3 is 5.97 Å². The highest BCUT2D eigenvalue weighted by atomic mass is 16.7. The van der Waals surface area contributed by atoms with Crippen molar-refractivity contribution in [3.05, 3.63) is 48.0 Å². The predicted octanol–water partition coefficient (Wildman–Crippen LogP) is 5.15. The van der Waals surface area contributed by atoms with Gasteiger partial charge < -0.3 is 9.57 Å². The minimum absolute atomic E-state index is 0.123. The van der Waals surface area contributed by atoms with E-state index in [0.717, 1.165) is 25.9 Å². The number of benzene rings is 2. The number of carbonyl (C=O) groups is 1. The Morgan fingerprint density at radius 1 is 1.14 bits per heavy atom. The van der Waals surface area contributed by atoms with Crippen molar-refractivity contribution in [2.24, 2.45) is 5.41 Å². The van der Waals surface area contributed by atoms with Crippen LogP contribution in [0.3, 0.4) is 0 Å². The third kappa shape index (κ3) is 4.56. The zero-order valence-electron chi connectivity index (χ0n) is 17.4. The SMILES string of the molecule is CCN(CC)OC(=O)C(CC)(Cc1cccc2ccccc12)CC1CCCO1. The predicted molar refractivity (Wildman–Crippen MR) is 113 cm³/mol. The van der Waals surface area contributed by atoms with Crippen LogP contribution in [0.5, 0.6) is 0 Å². The fraction of sp³-hybridized carbons (Fsp3) is 0.542. The van der Waals surface area contributed by atoms with Gasteiger partial charge in [-0.2, -0.15) is 0 Å². The molecule has 1 heterocycles. The molecular formula is C24H33NO3. The topological polar surface area (TPSA) is 38.8 Å². The van der Waals surface area contributed by atoms with Crippen LogP contribution in [0, 0.1) is 5.41 Å².